The van der Waals surface area contributed by atoms with Crippen LogP contribution in [0.4, 0.5) is 5.69 Å². The van der Waals surface area contributed by atoms with E-state index in [1.807, 2.05) is 18.3 Å². The lowest BCUT2D eigenvalue weighted by atomic mass is 9.89. The molecule has 80 valence electrons. The monoisotopic (exact) mass is 202 g/mol. The van der Waals surface area contributed by atoms with Crippen molar-refractivity contribution in [3.63, 3.8) is 0 Å². The second-order valence-electron chi connectivity index (χ2n) is 4.35. The molecular weight excluding hydrogens is 184 g/mol. The van der Waals surface area contributed by atoms with E-state index < -0.39 is 0 Å². The van der Waals surface area contributed by atoms with Crippen LogP contribution in [0.25, 0.3) is 0 Å². The molecule has 0 amide bonds. The van der Waals surface area contributed by atoms with E-state index in [0.717, 1.165) is 5.69 Å². The van der Waals surface area contributed by atoms with Gasteiger partial charge in [-0.1, -0.05) is 39.8 Å². The molecule has 15 heavy (non-hydrogen) atoms. The van der Waals surface area contributed by atoms with E-state index in [9.17, 15) is 0 Å². The maximum Gasteiger partial charge on any atom is 0.181 e. The molecule has 0 atom stereocenters. The summed E-state index contributed by atoms with van der Waals surface area (Å²) in [5.41, 5.74) is 3.53. The zero-order chi connectivity index (χ0) is 11.4. The Hall–Kier alpha value is -1.49. The highest BCUT2D eigenvalue weighted by molar-refractivity contribution is 5.58. The van der Waals surface area contributed by atoms with Gasteiger partial charge in [0.1, 0.15) is 0 Å². The van der Waals surface area contributed by atoms with Crippen LogP contribution in [0, 0.1) is 11.5 Å². The van der Waals surface area contributed by atoms with Crippen molar-refractivity contribution < 1.29 is 0 Å². The van der Waals surface area contributed by atoms with Crippen molar-refractivity contribution >= 4 is 5.69 Å². The number of hydrogen-bond acceptors (Lipinski definition) is 2. The van der Waals surface area contributed by atoms with Crippen molar-refractivity contribution in [1.82, 2.24) is 0 Å². The largest absolute Gasteiger partial charge is 0.293 e. The quantitative estimate of drug-likeness (QED) is 0.597. The molecule has 0 unspecified atom stereocenters. The maximum atomic E-state index is 8.69. The van der Waals surface area contributed by atoms with E-state index in [2.05, 4.69) is 39.1 Å². The van der Waals surface area contributed by atoms with Crippen molar-refractivity contribution in [2.24, 2.45) is 0 Å². The SMILES string of the molecule is CC(C)c1cccc(NC#N)c1C(C)C. The molecule has 2 heteroatoms. The van der Waals surface area contributed by atoms with Crippen molar-refractivity contribution in [1.29, 1.82) is 5.26 Å². The first-order valence-electron chi connectivity index (χ1n) is 5.35. The van der Waals surface area contributed by atoms with Gasteiger partial charge in [-0.2, -0.15) is 5.26 Å². The Morgan fingerprint density at radius 2 is 1.80 bits per heavy atom. The van der Waals surface area contributed by atoms with Crippen LogP contribution in [-0.2, 0) is 0 Å². The Balaban J connectivity index is 3.29. The lowest BCUT2D eigenvalue weighted by Gasteiger charge is -2.19. The van der Waals surface area contributed by atoms with Crippen molar-refractivity contribution in [3.05, 3.63) is 29.3 Å². The molecule has 0 fully saturated rings. The summed E-state index contributed by atoms with van der Waals surface area (Å²) in [4.78, 5) is 0. The summed E-state index contributed by atoms with van der Waals surface area (Å²) in [5.74, 6) is 0.919. The fourth-order valence-corrected chi connectivity index (χ4v) is 1.90. The van der Waals surface area contributed by atoms with Crippen LogP contribution in [0.3, 0.4) is 0 Å². The fraction of sp³-hybridized carbons (Fsp3) is 0.462. The molecule has 1 aromatic carbocycles. The molecule has 0 aliphatic rings. The number of benzene rings is 1. The summed E-state index contributed by atoms with van der Waals surface area (Å²) < 4.78 is 0. The summed E-state index contributed by atoms with van der Waals surface area (Å²) in [5, 5.41) is 11.5. The summed E-state index contributed by atoms with van der Waals surface area (Å²) in [6.45, 7) is 8.67. The van der Waals surface area contributed by atoms with Crippen molar-refractivity contribution in [2.75, 3.05) is 5.32 Å². The third-order valence-corrected chi connectivity index (χ3v) is 2.53. The molecule has 0 aromatic heterocycles. The molecule has 0 aliphatic heterocycles. The fourth-order valence-electron chi connectivity index (χ4n) is 1.90. The smallest absolute Gasteiger partial charge is 0.181 e. The van der Waals surface area contributed by atoms with Crippen LogP contribution < -0.4 is 5.32 Å². The van der Waals surface area contributed by atoms with E-state index in [-0.39, 0.29) is 0 Å². The van der Waals surface area contributed by atoms with E-state index >= 15 is 0 Å². The lowest BCUT2D eigenvalue weighted by Crippen LogP contribution is -2.03. The normalized spacial score (nSPS) is 10.5. The number of rotatable bonds is 3. The minimum absolute atomic E-state index is 0.430. The maximum absolute atomic E-state index is 8.69. The Morgan fingerprint density at radius 1 is 1.13 bits per heavy atom. The van der Waals surface area contributed by atoms with Gasteiger partial charge in [0.15, 0.2) is 6.19 Å². The molecule has 0 bridgehead atoms. The van der Waals surface area contributed by atoms with Crippen LogP contribution >= 0.6 is 0 Å². The van der Waals surface area contributed by atoms with Crippen LogP contribution in [0.5, 0.6) is 0 Å². The highest BCUT2D eigenvalue weighted by Crippen LogP contribution is 2.32. The van der Waals surface area contributed by atoms with E-state index in [1.165, 1.54) is 11.1 Å². The van der Waals surface area contributed by atoms with Gasteiger partial charge in [-0.15, -0.1) is 0 Å². The minimum atomic E-state index is 0.430. The molecule has 1 aromatic rings. The molecule has 0 saturated carbocycles. The van der Waals surface area contributed by atoms with Gasteiger partial charge in [-0.25, -0.2) is 0 Å². The Bertz CT molecular complexity index is 373. The zero-order valence-electron chi connectivity index (χ0n) is 9.83. The Kier molecular flexibility index (Phi) is 3.74. The van der Waals surface area contributed by atoms with Gasteiger partial charge in [0, 0.05) is 0 Å². The molecule has 0 heterocycles. The van der Waals surface area contributed by atoms with Gasteiger partial charge in [-0.3, -0.25) is 5.32 Å². The Labute approximate surface area is 91.9 Å². The molecule has 2 nitrogen and oxygen atoms in total. The first-order valence-corrected chi connectivity index (χ1v) is 5.35. The van der Waals surface area contributed by atoms with Gasteiger partial charge in [0.25, 0.3) is 0 Å². The molecular formula is C13H18N2. The molecule has 0 saturated heterocycles. The average molecular weight is 202 g/mol. The Morgan fingerprint density at radius 3 is 2.27 bits per heavy atom. The lowest BCUT2D eigenvalue weighted by molar-refractivity contribution is 0.792. The van der Waals surface area contributed by atoms with Gasteiger partial charge in [0.2, 0.25) is 0 Å². The average Bonchev–Trinajstić information content (AvgIpc) is 2.17. The third kappa shape index (κ3) is 2.50. The van der Waals surface area contributed by atoms with Crippen LogP contribution in [0.1, 0.15) is 50.7 Å². The van der Waals surface area contributed by atoms with Crippen molar-refractivity contribution in [2.45, 2.75) is 39.5 Å². The third-order valence-electron chi connectivity index (χ3n) is 2.53. The standard InChI is InChI=1S/C13H18N2/c1-9(2)11-6-5-7-12(15-8-14)13(11)10(3)4/h5-7,9-10,15H,1-4H3. The predicted molar refractivity (Wildman–Crippen MR) is 63.9 cm³/mol. The number of nitriles is 1. The second kappa shape index (κ2) is 4.84. The second-order valence-corrected chi connectivity index (χ2v) is 4.35. The minimum Gasteiger partial charge on any atom is -0.293 e. The van der Waals surface area contributed by atoms with E-state index in [1.54, 1.807) is 0 Å². The zero-order valence-corrected chi connectivity index (χ0v) is 9.83. The molecule has 1 rings (SSSR count). The highest BCUT2D eigenvalue weighted by atomic mass is 14.9. The summed E-state index contributed by atoms with van der Waals surface area (Å²) in [6.07, 6.45) is 2.00. The summed E-state index contributed by atoms with van der Waals surface area (Å²) in [7, 11) is 0. The number of nitrogens with one attached hydrogen (secondary N) is 1. The summed E-state index contributed by atoms with van der Waals surface area (Å²) >= 11 is 0. The van der Waals surface area contributed by atoms with Crippen LogP contribution in [0.15, 0.2) is 18.2 Å². The molecule has 0 spiro atoms. The molecule has 0 radical (unpaired) electrons. The van der Waals surface area contributed by atoms with Gasteiger partial charge in [0.05, 0.1) is 5.69 Å². The number of hydrogen-bond donors (Lipinski definition) is 1. The highest BCUT2D eigenvalue weighted by Gasteiger charge is 2.13. The van der Waals surface area contributed by atoms with Gasteiger partial charge < -0.3 is 0 Å². The summed E-state index contributed by atoms with van der Waals surface area (Å²) in [6, 6.07) is 6.11. The molecule has 1 N–H and O–H groups in total. The predicted octanol–water partition coefficient (Wildman–Crippen LogP) is 3.83. The number of anilines is 1. The van der Waals surface area contributed by atoms with Gasteiger partial charge in [-0.05, 0) is 29.0 Å². The first-order chi connectivity index (χ1) is 7.07. The van der Waals surface area contributed by atoms with Gasteiger partial charge >= 0.3 is 0 Å². The first kappa shape index (κ1) is 11.6. The van der Waals surface area contributed by atoms with Crippen LogP contribution in [-0.4, -0.2) is 0 Å². The molecule has 0 aliphatic carbocycles. The number of nitrogens with zero attached hydrogens (tertiary/aromatic N) is 1. The van der Waals surface area contributed by atoms with Crippen LogP contribution in [0.2, 0.25) is 0 Å². The topological polar surface area (TPSA) is 35.8 Å². The van der Waals surface area contributed by atoms with Crippen molar-refractivity contribution in [3.8, 4) is 6.19 Å². The van der Waals surface area contributed by atoms with E-state index in [0.29, 0.717) is 11.8 Å². The van der Waals surface area contributed by atoms with E-state index in [4.69, 9.17) is 5.26 Å².